The van der Waals surface area contributed by atoms with Crippen molar-refractivity contribution in [3.63, 3.8) is 0 Å². The zero-order chi connectivity index (χ0) is 18.5. The molecule has 4 rings (SSSR count). The van der Waals surface area contributed by atoms with E-state index >= 15 is 0 Å². The van der Waals surface area contributed by atoms with Crippen molar-refractivity contribution in [3.05, 3.63) is 72.3 Å². The van der Waals surface area contributed by atoms with Crippen LogP contribution in [0, 0.1) is 11.3 Å². The molecular formula is C20H18N6S. The lowest BCUT2D eigenvalue weighted by atomic mass is 10.1. The number of anilines is 2. The second-order valence-electron chi connectivity index (χ2n) is 6.13. The normalized spacial score (nSPS) is 16.0. The Morgan fingerprint density at radius 2 is 2.11 bits per heavy atom. The van der Waals surface area contributed by atoms with Gasteiger partial charge in [-0.3, -0.25) is 4.98 Å². The standard InChI is InChI=1S/C20H18N6S/c21-12-15(19-25-17-5-1-2-6-18(17)27-19)16-8-11-24-20(26-16)23-10-7-14-4-3-9-22-13-14/h1-6,8-9,11,13,15,19,25H,7,10H2,(H,23,24,26). The van der Waals surface area contributed by atoms with Crippen molar-refractivity contribution in [2.75, 3.05) is 17.2 Å². The van der Waals surface area contributed by atoms with Gasteiger partial charge in [-0.15, -0.1) is 0 Å². The summed E-state index contributed by atoms with van der Waals surface area (Å²) in [7, 11) is 0. The van der Waals surface area contributed by atoms with Gasteiger partial charge in [-0.2, -0.15) is 5.26 Å². The van der Waals surface area contributed by atoms with Gasteiger partial charge in [-0.25, -0.2) is 9.97 Å². The third-order valence-corrected chi connectivity index (χ3v) is 5.55. The average Bonchev–Trinajstić information content (AvgIpc) is 3.13. The number of benzene rings is 1. The number of nitrogens with zero attached hydrogens (tertiary/aromatic N) is 4. The molecule has 3 aromatic rings. The maximum atomic E-state index is 9.74. The quantitative estimate of drug-likeness (QED) is 0.680. The van der Waals surface area contributed by atoms with Crippen LogP contribution in [0.25, 0.3) is 0 Å². The van der Waals surface area contributed by atoms with E-state index in [-0.39, 0.29) is 11.3 Å². The first-order valence-corrected chi connectivity index (χ1v) is 9.59. The maximum absolute atomic E-state index is 9.74. The molecule has 1 aromatic carbocycles. The molecule has 7 heteroatoms. The van der Waals surface area contributed by atoms with Crippen molar-refractivity contribution < 1.29 is 0 Å². The van der Waals surface area contributed by atoms with Gasteiger partial charge < -0.3 is 10.6 Å². The highest BCUT2D eigenvalue weighted by Gasteiger charge is 2.31. The molecule has 134 valence electrons. The summed E-state index contributed by atoms with van der Waals surface area (Å²) < 4.78 is 0. The van der Waals surface area contributed by atoms with Gasteiger partial charge in [0.2, 0.25) is 5.95 Å². The SMILES string of the molecule is N#CC(c1ccnc(NCCc2cccnc2)n1)C1Nc2ccccc2S1. The van der Waals surface area contributed by atoms with Crippen molar-refractivity contribution >= 4 is 23.4 Å². The minimum absolute atomic E-state index is 0.0643. The van der Waals surface area contributed by atoms with Gasteiger partial charge in [0.25, 0.3) is 0 Å². The van der Waals surface area contributed by atoms with Crippen molar-refractivity contribution in [2.24, 2.45) is 0 Å². The Bertz CT molecular complexity index is 931. The summed E-state index contributed by atoms with van der Waals surface area (Å²) in [6, 6.07) is 16.3. The van der Waals surface area contributed by atoms with Gasteiger partial charge >= 0.3 is 0 Å². The molecule has 1 aliphatic rings. The monoisotopic (exact) mass is 374 g/mol. The van der Waals surface area contributed by atoms with E-state index in [1.165, 1.54) is 0 Å². The highest BCUT2D eigenvalue weighted by molar-refractivity contribution is 8.00. The number of thioether (sulfide) groups is 1. The van der Waals surface area contributed by atoms with Gasteiger partial charge in [-0.1, -0.05) is 30.0 Å². The number of fused-ring (bicyclic) bond motifs is 1. The molecule has 2 unspecified atom stereocenters. The van der Waals surface area contributed by atoms with E-state index in [0.29, 0.717) is 18.2 Å². The van der Waals surface area contributed by atoms with Crippen LogP contribution in [0.1, 0.15) is 17.2 Å². The number of nitriles is 1. The van der Waals surface area contributed by atoms with E-state index < -0.39 is 0 Å². The van der Waals surface area contributed by atoms with Gasteiger partial charge in [0.1, 0.15) is 5.92 Å². The summed E-state index contributed by atoms with van der Waals surface area (Å²) in [5, 5.41) is 16.3. The fourth-order valence-corrected chi connectivity index (χ4v) is 4.15. The average molecular weight is 374 g/mol. The smallest absolute Gasteiger partial charge is 0.222 e. The van der Waals surface area contributed by atoms with Gasteiger partial charge in [0, 0.05) is 35.7 Å². The topological polar surface area (TPSA) is 86.5 Å². The first-order valence-electron chi connectivity index (χ1n) is 8.71. The van der Waals surface area contributed by atoms with Crippen LogP contribution in [0.5, 0.6) is 0 Å². The number of aromatic nitrogens is 3. The summed E-state index contributed by atoms with van der Waals surface area (Å²) in [5.41, 5.74) is 2.94. The molecule has 3 heterocycles. The van der Waals surface area contributed by atoms with Crippen LogP contribution in [0.15, 0.2) is 66.0 Å². The van der Waals surface area contributed by atoms with E-state index in [1.54, 1.807) is 24.2 Å². The Hall–Kier alpha value is -3.11. The zero-order valence-electron chi connectivity index (χ0n) is 14.5. The van der Waals surface area contributed by atoms with Crippen LogP contribution in [0.4, 0.5) is 11.6 Å². The van der Waals surface area contributed by atoms with E-state index in [2.05, 4.69) is 37.7 Å². The molecule has 6 nitrogen and oxygen atoms in total. The fraction of sp³-hybridized carbons (Fsp3) is 0.200. The zero-order valence-corrected chi connectivity index (χ0v) is 15.4. The maximum Gasteiger partial charge on any atom is 0.222 e. The molecule has 2 atom stereocenters. The lowest BCUT2D eigenvalue weighted by Crippen LogP contribution is -2.21. The van der Waals surface area contributed by atoms with Crippen LogP contribution in [0.2, 0.25) is 0 Å². The Morgan fingerprint density at radius 1 is 1.19 bits per heavy atom. The van der Waals surface area contributed by atoms with Crippen molar-refractivity contribution in [3.8, 4) is 6.07 Å². The first kappa shape index (κ1) is 17.3. The van der Waals surface area contributed by atoms with Gasteiger partial charge in [0.05, 0.1) is 17.1 Å². The van der Waals surface area contributed by atoms with Crippen molar-refractivity contribution in [1.29, 1.82) is 5.26 Å². The van der Waals surface area contributed by atoms with Crippen LogP contribution in [0.3, 0.4) is 0 Å². The fourth-order valence-electron chi connectivity index (χ4n) is 2.94. The summed E-state index contributed by atoms with van der Waals surface area (Å²) in [5.74, 6) is 0.168. The second-order valence-corrected chi connectivity index (χ2v) is 7.31. The van der Waals surface area contributed by atoms with E-state index in [0.717, 1.165) is 22.6 Å². The molecule has 2 aromatic heterocycles. The number of rotatable bonds is 6. The highest BCUT2D eigenvalue weighted by Crippen LogP contribution is 2.43. The lowest BCUT2D eigenvalue weighted by molar-refractivity contribution is 0.813. The molecular weight excluding hydrogens is 356 g/mol. The van der Waals surface area contributed by atoms with Gasteiger partial charge in [0.15, 0.2) is 0 Å². The predicted octanol–water partition coefficient (Wildman–Crippen LogP) is 3.68. The molecule has 0 amide bonds. The highest BCUT2D eigenvalue weighted by atomic mass is 32.2. The number of para-hydroxylation sites is 1. The Labute approximate surface area is 162 Å². The van der Waals surface area contributed by atoms with Crippen LogP contribution in [-0.2, 0) is 6.42 Å². The lowest BCUT2D eigenvalue weighted by Gasteiger charge is -2.17. The van der Waals surface area contributed by atoms with E-state index in [9.17, 15) is 5.26 Å². The van der Waals surface area contributed by atoms with E-state index in [4.69, 9.17) is 0 Å². The van der Waals surface area contributed by atoms with Crippen molar-refractivity contribution in [2.45, 2.75) is 22.6 Å². The Kier molecular flexibility index (Phi) is 5.17. The number of pyridine rings is 1. The first-order chi connectivity index (χ1) is 13.3. The summed E-state index contributed by atoms with van der Waals surface area (Å²) in [6.07, 6.45) is 6.15. The van der Waals surface area contributed by atoms with Crippen molar-refractivity contribution in [1.82, 2.24) is 15.0 Å². The largest absolute Gasteiger partial charge is 0.371 e. The summed E-state index contributed by atoms with van der Waals surface area (Å²) in [4.78, 5) is 14.1. The third kappa shape index (κ3) is 4.01. The number of hydrogen-bond donors (Lipinski definition) is 2. The predicted molar refractivity (Wildman–Crippen MR) is 107 cm³/mol. The van der Waals surface area contributed by atoms with Crippen LogP contribution < -0.4 is 10.6 Å². The molecule has 0 fully saturated rings. The molecule has 0 spiro atoms. The number of nitrogens with one attached hydrogen (secondary N) is 2. The molecule has 0 bridgehead atoms. The Balaban J connectivity index is 1.42. The number of hydrogen-bond acceptors (Lipinski definition) is 7. The molecule has 1 aliphatic heterocycles. The van der Waals surface area contributed by atoms with Crippen LogP contribution in [-0.4, -0.2) is 26.9 Å². The minimum atomic E-state index is -0.371. The minimum Gasteiger partial charge on any atom is -0.371 e. The molecule has 0 saturated heterocycles. The summed E-state index contributed by atoms with van der Waals surface area (Å²) in [6.45, 7) is 0.703. The van der Waals surface area contributed by atoms with Crippen LogP contribution >= 0.6 is 11.8 Å². The molecule has 0 aliphatic carbocycles. The molecule has 27 heavy (non-hydrogen) atoms. The second kappa shape index (κ2) is 8.06. The molecule has 0 saturated carbocycles. The molecule has 0 radical (unpaired) electrons. The molecule has 2 N–H and O–H groups in total. The van der Waals surface area contributed by atoms with E-state index in [1.807, 2.05) is 42.6 Å². The third-order valence-electron chi connectivity index (χ3n) is 4.30. The summed E-state index contributed by atoms with van der Waals surface area (Å²) >= 11 is 1.66. The van der Waals surface area contributed by atoms with Gasteiger partial charge in [-0.05, 0) is 36.2 Å². The Morgan fingerprint density at radius 3 is 2.93 bits per heavy atom.